The smallest absolute Gasteiger partial charge is 0.243 e. The molecule has 0 aliphatic rings. The summed E-state index contributed by atoms with van der Waals surface area (Å²) in [5, 5.41) is 7.32. The zero-order valence-corrected chi connectivity index (χ0v) is 13.3. The van der Waals surface area contributed by atoms with E-state index in [0.29, 0.717) is 11.4 Å². The highest BCUT2D eigenvalue weighted by Crippen LogP contribution is 2.27. The second-order valence-corrected chi connectivity index (χ2v) is 5.64. The van der Waals surface area contributed by atoms with Crippen LogP contribution in [0.5, 0.6) is 0 Å². The van der Waals surface area contributed by atoms with Crippen molar-refractivity contribution in [3.8, 4) is 0 Å². The molecule has 0 spiro atoms. The Morgan fingerprint density at radius 3 is 3.05 bits per heavy atom. The Labute approximate surface area is 133 Å². The van der Waals surface area contributed by atoms with E-state index < -0.39 is 0 Å². The number of halogens is 3. The third-order valence-electron chi connectivity index (χ3n) is 3.10. The Balaban J connectivity index is 1.99. The lowest BCUT2D eigenvalue weighted by Gasteiger charge is -2.09. The lowest BCUT2D eigenvalue weighted by Crippen LogP contribution is -2.07. The van der Waals surface area contributed by atoms with Gasteiger partial charge in [0.2, 0.25) is 5.28 Å². The molecule has 3 heterocycles. The number of aryl methyl sites for hydroxylation is 1. The van der Waals surface area contributed by atoms with E-state index in [1.165, 1.54) is 6.20 Å². The highest BCUT2D eigenvalue weighted by molar-refractivity contribution is 9.10. The SMILES string of the molecule is Cc1c(Br)cn2nc(Cl)nc(NCc3ccncc3F)c12. The number of rotatable bonds is 3. The van der Waals surface area contributed by atoms with Crippen LogP contribution in [0.25, 0.3) is 5.52 Å². The van der Waals surface area contributed by atoms with Crippen LogP contribution >= 0.6 is 27.5 Å². The molecule has 3 aromatic heterocycles. The molecule has 0 aliphatic heterocycles. The first-order valence-corrected chi connectivity index (χ1v) is 7.26. The Morgan fingerprint density at radius 2 is 2.29 bits per heavy atom. The molecular weight excluding hydrogens is 361 g/mol. The molecule has 21 heavy (non-hydrogen) atoms. The Bertz CT molecular complexity index is 820. The van der Waals surface area contributed by atoms with Gasteiger partial charge in [-0.25, -0.2) is 8.91 Å². The van der Waals surface area contributed by atoms with E-state index >= 15 is 0 Å². The van der Waals surface area contributed by atoms with Gasteiger partial charge in [0.1, 0.15) is 11.3 Å². The van der Waals surface area contributed by atoms with Crippen LogP contribution in [0.1, 0.15) is 11.1 Å². The van der Waals surface area contributed by atoms with E-state index in [0.717, 1.165) is 15.6 Å². The second-order valence-electron chi connectivity index (χ2n) is 4.45. The summed E-state index contributed by atoms with van der Waals surface area (Å²) in [5.74, 6) is 0.184. The van der Waals surface area contributed by atoms with Gasteiger partial charge < -0.3 is 5.32 Å². The first kappa shape index (κ1) is 14.2. The third kappa shape index (κ3) is 2.71. The number of nitrogens with zero attached hydrogens (tertiary/aromatic N) is 4. The second kappa shape index (κ2) is 5.57. The van der Waals surface area contributed by atoms with E-state index in [9.17, 15) is 4.39 Å². The average Bonchev–Trinajstić information content (AvgIpc) is 2.72. The van der Waals surface area contributed by atoms with Crippen LogP contribution in [0.15, 0.2) is 29.1 Å². The molecular formula is C13H10BrClFN5. The highest BCUT2D eigenvalue weighted by atomic mass is 79.9. The summed E-state index contributed by atoms with van der Waals surface area (Å²) in [4.78, 5) is 7.91. The molecule has 1 N–H and O–H groups in total. The fraction of sp³-hybridized carbons (Fsp3) is 0.154. The van der Waals surface area contributed by atoms with Crippen molar-refractivity contribution in [2.24, 2.45) is 0 Å². The molecule has 0 atom stereocenters. The van der Waals surface area contributed by atoms with Gasteiger partial charge in [0.25, 0.3) is 0 Å². The van der Waals surface area contributed by atoms with Gasteiger partial charge >= 0.3 is 0 Å². The molecule has 0 bridgehead atoms. The molecule has 0 unspecified atom stereocenters. The van der Waals surface area contributed by atoms with Crippen LogP contribution < -0.4 is 5.32 Å². The topological polar surface area (TPSA) is 55.1 Å². The van der Waals surface area contributed by atoms with Gasteiger partial charge in [-0.3, -0.25) is 4.98 Å². The maximum Gasteiger partial charge on any atom is 0.243 e. The Kier molecular flexibility index (Phi) is 3.77. The molecule has 5 nitrogen and oxygen atoms in total. The Hall–Kier alpha value is -1.73. The van der Waals surface area contributed by atoms with Gasteiger partial charge in [-0.1, -0.05) is 0 Å². The number of fused-ring (bicyclic) bond motifs is 1. The summed E-state index contributed by atoms with van der Waals surface area (Å²) in [7, 11) is 0. The summed E-state index contributed by atoms with van der Waals surface area (Å²) >= 11 is 9.36. The maximum atomic E-state index is 13.6. The molecule has 108 valence electrons. The molecule has 8 heteroatoms. The maximum absolute atomic E-state index is 13.6. The van der Waals surface area contributed by atoms with Crippen LogP contribution in [0.4, 0.5) is 10.2 Å². The number of anilines is 1. The fourth-order valence-electron chi connectivity index (χ4n) is 2.02. The van der Waals surface area contributed by atoms with Gasteiger partial charge in [0, 0.05) is 29.0 Å². The van der Waals surface area contributed by atoms with Crippen molar-refractivity contribution in [3.05, 3.63) is 51.4 Å². The van der Waals surface area contributed by atoms with E-state index in [-0.39, 0.29) is 17.6 Å². The van der Waals surface area contributed by atoms with E-state index in [4.69, 9.17) is 11.6 Å². The van der Waals surface area contributed by atoms with Crippen molar-refractivity contribution in [2.45, 2.75) is 13.5 Å². The average molecular weight is 371 g/mol. The van der Waals surface area contributed by atoms with Gasteiger partial charge in [-0.05, 0) is 46.1 Å². The molecule has 0 radical (unpaired) electrons. The molecule has 3 aromatic rings. The predicted molar refractivity (Wildman–Crippen MR) is 82.0 cm³/mol. The fourth-order valence-corrected chi connectivity index (χ4v) is 2.57. The minimum Gasteiger partial charge on any atom is -0.364 e. The predicted octanol–water partition coefficient (Wildman–Crippen LogP) is 3.60. The number of hydrogen-bond donors (Lipinski definition) is 1. The van der Waals surface area contributed by atoms with Crippen LogP contribution in [0, 0.1) is 12.7 Å². The molecule has 0 saturated carbocycles. The first-order chi connectivity index (χ1) is 10.1. The summed E-state index contributed by atoms with van der Waals surface area (Å²) in [5.41, 5.74) is 2.27. The number of nitrogens with one attached hydrogen (secondary N) is 1. The molecule has 0 saturated heterocycles. The zero-order chi connectivity index (χ0) is 15.0. The molecule has 0 aliphatic carbocycles. The summed E-state index contributed by atoms with van der Waals surface area (Å²) in [6.07, 6.45) is 4.52. The standard InChI is InChI=1S/C13H10BrClFN5/c1-7-9(14)6-21-11(7)12(19-13(15)20-21)18-4-8-2-3-17-5-10(8)16/h2-3,5-6H,4H2,1H3,(H,18,19,20). The number of aromatic nitrogens is 4. The van der Waals surface area contributed by atoms with Gasteiger partial charge in [0.05, 0.1) is 6.20 Å². The molecule has 0 fully saturated rings. The first-order valence-electron chi connectivity index (χ1n) is 6.09. The van der Waals surface area contributed by atoms with E-state index in [1.807, 2.05) is 6.92 Å². The van der Waals surface area contributed by atoms with E-state index in [1.54, 1.807) is 23.0 Å². The van der Waals surface area contributed by atoms with Crippen molar-refractivity contribution < 1.29 is 4.39 Å². The van der Waals surface area contributed by atoms with Gasteiger partial charge in [-0.15, -0.1) is 5.10 Å². The van der Waals surface area contributed by atoms with Crippen LogP contribution in [-0.2, 0) is 6.54 Å². The highest BCUT2D eigenvalue weighted by Gasteiger charge is 2.13. The van der Waals surface area contributed by atoms with E-state index in [2.05, 4.69) is 36.3 Å². The van der Waals surface area contributed by atoms with Crippen molar-refractivity contribution in [3.63, 3.8) is 0 Å². The summed E-state index contributed by atoms with van der Waals surface area (Å²) < 4.78 is 16.1. The quantitative estimate of drug-likeness (QED) is 0.765. The summed E-state index contributed by atoms with van der Waals surface area (Å²) in [6.45, 7) is 2.22. The summed E-state index contributed by atoms with van der Waals surface area (Å²) in [6, 6.07) is 1.61. The molecule has 0 amide bonds. The zero-order valence-electron chi connectivity index (χ0n) is 10.9. The number of pyridine rings is 1. The van der Waals surface area contributed by atoms with Gasteiger partial charge in [-0.2, -0.15) is 4.98 Å². The van der Waals surface area contributed by atoms with Crippen molar-refractivity contribution >= 4 is 38.9 Å². The minimum atomic E-state index is -0.366. The lowest BCUT2D eigenvalue weighted by molar-refractivity contribution is 0.606. The van der Waals surface area contributed by atoms with Crippen LogP contribution in [0.3, 0.4) is 0 Å². The van der Waals surface area contributed by atoms with Crippen molar-refractivity contribution in [1.29, 1.82) is 0 Å². The number of hydrogen-bond acceptors (Lipinski definition) is 4. The largest absolute Gasteiger partial charge is 0.364 e. The van der Waals surface area contributed by atoms with Crippen LogP contribution in [-0.4, -0.2) is 19.6 Å². The normalized spacial score (nSPS) is 11.0. The van der Waals surface area contributed by atoms with Crippen LogP contribution in [0.2, 0.25) is 5.28 Å². The lowest BCUT2D eigenvalue weighted by atomic mass is 10.2. The molecule has 0 aromatic carbocycles. The van der Waals surface area contributed by atoms with Crippen molar-refractivity contribution in [1.82, 2.24) is 19.6 Å². The third-order valence-corrected chi connectivity index (χ3v) is 4.06. The monoisotopic (exact) mass is 369 g/mol. The van der Waals surface area contributed by atoms with Crippen molar-refractivity contribution in [2.75, 3.05) is 5.32 Å². The minimum absolute atomic E-state index is 0.114. The van der Waals surface area contributed by atoms with Gasteiger partial charge in [0.15, 0.2) is 5.82 Å². The molecule has 3 rings (SSSR count). The Morgan fingerprint density at radius 1 is 1.48 bits per heavy atom.